The zero-order chi connectivity index (χ0) is 14.5. The van der Waals surface area contributed by atoms with E-state index in [0.717, 1.165) is 23.1 Å². The standard InChI is InChI=1S/C18H18N2O/c21-13-12-20(14-15-6-2-1-3-7-15)18-10-11-19-17-9-5-4-8-16(17)18/h1-11,21H,12-14H2. The van der Waals surface area contributed by atoms with Gasteiger partial charge in [-0.15, -0.1) is 0 Å². The van der Waals surface area contributed by atoms with E-state index >= 15 is 0 Å². The molecule has 0 spiro atoms. The van der Waals surface area contributed by atoms with Crippen molar-refractivity contribution in [2.45, 2.75) is 6.54 Å². The van der Waals surface area contributed by atoms with Gasteiger partial charge < -0.3 is 10.0 Å². The van der Waals surface area contributed by atoms with E-state index in [1.807, 2.05) is 48.7 Å². The summed E-state index contributed by atoms with van der Waals surface area (Å²) in [6.45, 7) is 1.50. The Kier molecular flexibility index (Phi) is 4.12. The van der Waals surface area contributed by atoms with Crippen molar-refractivity contribution in [3.63, 3.8) is 0 Å². The predicted molar refractivity (Wildman–Crippen MR) is 86.3 cm³/mol. The maximum Gasteiger partial charge on any atom is 0.0722 e. The summed E-state index contributed by atoms with van der Waals surface area (Å²) >= 11 is 0. The van der Waals surface area contributed by atoms with E-state index < -0.39 is 0 Å². The van der Waals surface area contributed by atoms with Crippen LogP contribution in [0.3, 0.4) is 0 Å². The number of fused-ring (bicyclic) bond motifs is 1. The third-order valence-corrected chi connectivity index (χ3v) is 3.55. The first-order chi connectivity index (χ1) is 10.4. The predicted octanol–water partition coefficient (Wildman–Crippen LogP) is 3.23. The fraction of sp³-hybridized carbons (Fsp3) is 0.167. The van der Waals surface area contributed by atoms with Crippen LogP contribution in [0, 0.1) is 0 Å². The third kappa shape index (κ3) is 3.03. The zero-order valence-electron chi connectivity index (χ0n) is 11.8. The lowest BCUT2D eigenvalue weighted by Gasteiger charge is -2.25. The number of aromatic nitrogens is 1. The van der Waals surface area contributed by atoms with Crippen LogP contribution in [0.2, 0.25) is 0 Å². The largest absolute Gasteiger partial charge is 0.395 e. The van der Waals surface area contributed by atoms with Gasteiger partial charge in [0.05, 0.1) is 12.1 Å². The Morgan fingerprint density at radius 3 is 2.48 bits per heavy atom. The van der Waals surface area contributed by atoms with E-state index in [1.165, 1.54) is 5.56 Å². The zero-order valence-corrected chi connectivity index (χ0v) is 11.8. The van der Waals surface area contributed by atoms with E-state index in [9.17, 15) is 5.11 Å². The van der Waals surface area contributed by atoms with Crippen LogP contribution in [0.1, 0.15) is 5.56 Å². The van der Waals surface area contributed by atoms with Crippen LogP contribution in [0.15, 0.2) is 66.9 Å². The molecule has 0 unspecified atom stereocenters. The fourth-order valence-corrected chi connectivity index (χ4v) is 2.57. The van der Waals surface area contributed by atoms with Gasteiger partial charge in [0.2, 0.25) is 0 Å². The number of aliphatic hydroxyl groups excluding tert-OH is 1. The van der Waals surface area contributed by atoms with Crippen molar-refractivity contribution in [1.29, 1.82) is 0 Å². The van der Waals surface area contributed by atoms with Crippen molar-refractivity contribution >= 4 is 16.6 Å². The highest BCUT2D eigenvalue weighted by atomic mass is 16.3. The van der Waals surface area contributed by atoms with E-state index in [0.29, 0.717) is 6.54 Å². The Morgan fingerprint density at radius 1 is 0.905 bits per heavy atom. The van der Waals surface area contributed by atoms with Crippen LogP contribution < -0.4 is 4.90 Å². The molecular formula is C18H18N2O. The van der Waals surface area contributed by atoms with Crippen molar-refractivity contribution in [1.82, 2.24) is 4.98 Å². The summed E-state index contributed by atoms with van der Waals surface area (Å²) < 4.78 is 0. The van der Waals surface area contributed by atoms with E-state index in [2.05, 4.69) is 28.1 Å². The summed E-state index contributed by atoms with van der Waals surface area (Å²) in [7, 11) is 0. The molecule has 0 bridgehead atoms. The van der Waals surface area contributed by atoms with E-state index in [1.54, 1.807) is 0 Å². The number of aliphatic hydroxyl groups is 1. The Hall–Kier alpha value is -2.39. The van der Waals surface area contributed by atoms with Gasteiger partial charge in [-0.2, -0.15) is 0 Å². The normalized spacial score (nSPS) is 10.7. The van der Waals surface area contributed by atoms with Crippen molar-refractivity contribution in [3.8, 4) is 0 Å². The second-order valence-electron chi connectivity index (χ2n) is 4.98. The quantitative estimate of drug-likeness (QED) is 0.778. The van der Waals surface area contributed by atoms with E-state index in [-0.39, 0.29) is 6.61 Å². The van der Waals surface area contributed by atoms with Gasteiger partial charge in [0.15, 0.2) is 0 Å². The average molecular weight is 278 g/mol. The maximum absolute atomic E-state index is 9.39. The molecule has 0 fully saturated rings. The summed E-state index contributed by atoms with van der Waals surface area (Å²) in [4.78, 5) is 6.60. The Morgan fingerprint density at radius 2 is 1.67 bits per heavy atom. The van der Waals surface area contributed by atoms with Crippen LogP contribution in [-0.2, 0) is 6.54 Å². The molecule has 1 N–H and O–H groups in total. The minimum absolute atomic E-state index is 0.128. The molecule has 0 saturated heterocycles. The lowest BCUT2D eigenvalue weighted by atomic mass is 10.1. The second-order valence-corrected chi connectivity index (χ2v) is 4.98. The number of benzene rings is 2. The molecule has 3 nitrogen and oxygen atoms in total. The monoisotopic (exact) mass is 278 g/mol. The van der Waals surface area contributed by atoms with Gasteiger partial charge in [-0.05, 0) is 17.7 Å². The molecule has 1 aromatic heterocycles. The fourth-order valence-electron chi connectivity index (χ4n) is 2.57. The number of pyridine rings is 1. The molecule has 3 heteroatoms. The lowest BCUT2D eigenvalue weighted by molar-refractivity contribution is 0.301. The van der Waals surface area contributed by atoms with Gasteiger partial charge >= 0.3 is 0 Å². The van der Waals surface area contributed by atoms with Crippen LogP contribution >= 0.6 is 0 Å². The van der Waals surface area contributed by atoms with Crippen molar-refractivity contribution in [2.24, 2.45) is 0 Å². The minimum atomic E-state index is 0.128. The number of nitrogens with zero attached hydrogens (tertiary/aromatic N) is 2. The Bertz CT molecular complexity index is 707. The molecule has 0 atom stereocenters. The summed E-state index contributed by atoms with van der Waals surface area (Å²) in [6, 6.07) is 20.4. The van der Waals surface area contributed by atoms with Crippen LogP contribution in [-0.4, -0.2) is 23.2 Å². The van der Waals surface area contributed by atoms with Crippen LogP contribution in [0.4, 0.5) is 5.69 Å². The maximum atomic E-state index is 9.39. The topological polar surface area (TPSA) is 36.4 Å². The third-order valence-electron chi connectivity index (χ3n) is 3.55. The molecular weight excluding hydrogens is 260 g/mol. The highest BCUT2D eigenvalue weighted by Crippen LogP contribution is 2.26. The highest BCUT2D eigenvalue weighted by molar-refractivity contribution is 5.91. The van der Waals surface area contributed by atoms with Gasteiger partial charge in [0, 0.05) is 30.4 Å². The van der Waals surface area contributed by atoms with Gasteiger partial charge in [0.1, 0.15) is 0 Å². The number of rotatable bonds is 5. The average Bonchev–Trinajstić information content (AvgIpc) is 2.55. The number of hydrogen-bond acceptors (Lipinski definition) is 3. The molecule has 3 rings (SSSR count). The van der Waals surface area contributed by atoms with Crippen molar-refractivity contribution < 1.29 is 5.11 Å². The molecule has 0 amide bonds. The molecule has 0 radical (unpaired) electrons. The number of hydrogen-bond donors (Lipinski definition) is 1. The van der Waals surface area contributed by atoms with E-state index in [4.69, 9.17) is 0 Å². The second kappa shape index (κ2) is 6.37. The number of para-hydroxylation sites is 1. The van der Waals surface area contributed by atoms with Crippen LogP contribution in [0.25, 0.3) is 10.9 Å². The van der Waals surface area contributed by atoms with Crippen molar-refractivity contribution in [2.75, 3.05) is 18.1 Å². The first-order valence-corrected chi connectivity index (χ1v) is 7.12. The summed E-state index contributed by atoms with van der Waals surface area (Å²) in [5.74, 6) is 0. The van der Waals surface area contributed by atoms with Gasteiger partial charge in [-0.1, -0.05) is 48.5 Å². The van der Waals surface area contributed by atoms with Crippen molar-refractivity contribution in [3.05, 3.63) is 72.4 Å². The first kappa shape index (κ1) is 13.6. The molecule has 21 heavy (non-hydrogen) atoms. The Labute approximate surface area is 124 Å². The minimum Gasteiger partial charge on any atom is -0.395 e. The van der Waals surface area contributed by atoms with Gasteiger partial charge in [-0.3, -0.25) is 4.98 Å². The Balaban J connectivity index is 1.99. The molecule has 0 saturated carbocycles. The summed E-state index contributed by atoms with van der Waals surface area (Å²) in [5, 5.41) is 10.5. The van der Waals surface area contributed by atoms with Crippen LogP contribution in [0.5, 0.6) is 0 Å². The summed E-state index contributed by atoms with van der Waals surface area (Å²) in [5.41, 5.74) is 3.32. The van der Waals surface area contributed by atoms with Gasteiger partial charge in [0.25, 0.3) is 0 Å². The number of anilines is 1. The molecule has 0 aliphatic carbocycles. The molecule has 0 aliphatic heterocycles. The lowest BCUT2D eigenvalue weighted by Crippen LogP contribution is -2.26. The molecule has 1 heterocycles. The SMILES string of the molecule is OCCN(Cc1ccccc1)c1ccnc2ccccc12. The molecule has 3 aromatic rings. The van der Waals surface area contributed by atoms with Gasteiger partial charge in [-0.25, -0.2) is 0 Å². The molecule has 0 aliphatic rings. The smallest absolute Gasteiger partial charge is 0.0722 e. The highest BCUT2D eigenvalue weighted by Gasteiger charge is 2.10. The molecule has 2 aromatic carbocycles. The first-order valence-electron chi connectivity index (χ1n) is 7.12. The molecule has 106 valence electrons. The summed E-state index contributed by atoms with van der Waals surface area (Å²) in [6.07, 6.45) is 1.83.